The summed E-state index contributed by atoms with van der Waals surface area (Å²) in [7, 11) is 1.35. The molecule has 1 aliphatic heterocycles. The number of benzene rings is 2. The van der Waals surface area contributed by atoms with Crippen LogP contribution in [0, 0.1) is 5.92 Å². The summed E-state index contributed by atoms with van der Waals surface area (Å²) in [5.41, 5.74) is 0.00522. The number of piperazine rings is 1. The van der Waals surface area contributed by atoms with Gasteiger partial charge < -0.3 is 20.3 Å². The second-order valence-electron chi connectivity index (χ2n) is 9.67. The predicted octanol–water partition coefficient (Wildman–Crippen LogP) is 4.61. The molecule has 2 aromatic carbocycles. The third-order valence-electron chi connectivity index (χ3n) is 6.53. The van der Waals surface area contributed by atoms with Crippen molar-refractivity contribution in [3.05, 3.63) is 59.9 Å². The highest BCUT2D eigenvalue weighted by atomic mass is 19.4. The topological polar surface area (TPSA) is 99.7 Å². The Morgan fingerprint density at radius 1 is 1.03 bits per heavy atom. The molecular formula is C27H31F3N6O3. The molecular weight excluding hydrogens is 513 g/mol. The zero-order valence-corrected chi connectivity index (χ0v) is 22.0. The number of esters is 1. The third-order valence-corrected chi connectivity index (χ3v) is 6.53. The predicted molar refractivity (Wildman–Crippen MR) is 141 cm³/mol. The Hall–Kier alpha value is -3.93. The lowest BCUT2D eigenvalue weighted by Crippen LogP contribution is -2.49. The van der Waals surface area contributed by atoms with Gasteiger partial charge >= 0.3 is 18.2 Å². The Morgan fingerprint density at radius 3 is 2.41 bits per heavy atom. The zero-order chi connectivity index (χ0) is 28.2. The summed E-state index contributed by atoms with van der Waals surface area (Å²) in [6, 6.07) is 11.1. The lowest BCUT2D eigenvalue weighted by molar-refractivity contribution is -0.142. The second kappa shape index (κ2) is 11.9. The molecule has 9 nitrogen and oxygen atoms in total. The zero-order valence-electron chi connectivity index (χ0n) is 22.0. The van der Waals surface area contributed by atoms with Crippen molar-refractivity contribution in [2.75, 3.05) is 43.9 Å². The number of urea groups is 1. The molecule has 0 unspecified atom stereocenters. The van der Waals surface area contributed by atoms with E-state index in [9.17, 15) is 22.8 Å². The van der Waals surface area contributed by atoms with Gasteiger partial charge in [-0.05, 0) is 36.2 Å². The maximum atomic E-state index is 13.0. The molecule has 1 aromatic heterocycles. The van der Waals surface area contributed by atoms with Gasteiger partial charge in [-0.1, -0.05) is 32.0 Å². The number of halogens is 3. The molecule has 0 bridgehead atoms. The molecule has 2 N–H and O–H groups in total. The number of fused-ring (bicyclic) bond motifs is 1. The van der Waals surface area contributed by atoms with Crippen molar-refractivity contribution < 1.29 is 27.5 Å². The van der Waals surface area contributed by atoms with Crippen molar-refractivity contribution >= 4 is 34.4 Å². The van der Waals surface area contributed by atoms with Crippen LogP contribution in [-0.4, -0.2) is 71.1 Å². The standard InChI is InChI=1S/C27H31F3N6O3/c1-17(2)23(25(37)39-3)34-24-20-9-4-5-10-21(20)32-22(33-24)16-35-11-13-36(14-12-35)26(38)31-19-8-6-7-18(15-19)27(28,29)30/h4-10,15,17,23H,11-14,16H2,1-3H3,(H,31,38)(H,32,33,34)/t23-/m0/s1. The molecule has 0 aliphatic carbocycles. The van der Waals surface area contributed by atoms with Crippen molar-refractivity contribution in [3.63, 3.8) is 0 Å². The van der Waals surface area contributed by atoms with Crippen LogP contribution in [0.1, 0.15) is 25.2 Å². The van der Waals surface area contributed by atoms with Gasteiger partial charge in [-0.15, -0.1) is 0 Å². The van der Waals surface area contributed by atoms with E-state index in [0.717, 1.165) is 23.0 Å². The van der Waals surface area contributed by atoms with Gasteiger partial charge in [-0.25, -0.2) is 19.6 Å². The third kappa shape index (κ3) is 6.94. The van der Waals surface area contributed by atoms with Crippen molar-refractivity contribution in [2.45, 2.75) is 32.6 Å². The minimum absolute atomic E-state index is 0.0372. The van der Waals surface area contributed by atoms with Crippen LogP contribution >= 0.6 is 0 Å². The number of para-hydroxylation sites is 1. The SMILES string of the molecule is COC(=O)[C@@H](Nc1nc(CN2CCN(C(=O)Nc3cccc(C(F)(F)F)c3)CC2)nc2ccccc12)C(C)C. The number of ether oxygens (including phenoxy) is 1. The molecule has 0 spiro atoms. The van der Waals surface area contributed by atoms with Gasteiger partial charge in [0.2, 0.25) is 0 Å². The largest absolute Gasteiger partial charge is 0.467 e. The van der Waals surface area contributed by atoms with E-state index in [1.165, 1.54) is 19.2 Å². The number of hydrogen-bond donors (Lipinski definition) is 2. The minimum atomic E-state index is -4.48. The number of carbonyl (C=O) groups is 2. The highest BCUT2D eigenvalue weighted by molar-refractivity contribution is 5.91. The summed E-state index contributed by atoms with van der Waals surface area (Å²) < 4.78 is 43.9. The molecule has 39 heavy (non-hydrogen) atoms. The first-order valence-corrected chi connectivity index (χ1v) is 12.6. The number of aromatic nitrogens is 2. The molecule has 1 fully saturated rings. The number of nitrogens with zero attached hydrogens (tertiary/aromatic N) is 4. The van der Waals surface area contributed by atoms with Crippen LogP contribution in [-0.2, 0) is 22.3 Å². The van der Waals surface area contributed by atoms with Crippen LogP contribution in [0.3, 0.4) is 0 Å². The van der Waals surface area contributed by atoms with Crippen LogP contribution in [0.15, 0.2) is 48.5 Å². The van der Waals surface area contributed by atoms with Crippen molar-refractivity contribution in [1.29, 1.82) is 0 Å². The van der Waals surface area contributed by atoms with Gasteiger partial charge in [-0.2, -0.15) is 13.2 Å². The molecule has 0 radical (unpaired) electrons. The quantitative estimate of drug-likeness (QED) is 0.419. The fourth-order valence-electron chi connectivity index (χ4n) is 4.36. The second-order valence-corrected chi connectivity index (χ2v) is 9.67. The van der Waals surface area contributed by atoms with E-state index >= 15 is 0 Å². The molecule has 1 saturated heterocycles. The lowest BCUT2D eigenvalue weighted by Gasteiger charge is -2.34. The van der Waals surface area contributed by atoms with Crippen LogP contribution in [0.25, 0.3) is 10.9 Å². The van der Waals surface area contributed by atoms with E-state index in [1.807, 2.05) is 38.1 Å². The van der Waals surface area contributed by atoms with E-state index in [4.69, 9.17) is 14.7 Å². The Morgan fingerprint density at radius 2 is 1.74 bits per heavy atom. The lowest BCUT2D eigenvalue weighted by atomic mass is 10.0. The van der Waals surface area contributed by atoms with Gasteiger partial charge in [-0.3, -0.25) is 4.90 Å². The monoisotopic (exact) mass is 544 g/mol. The first-order chi connectivity index (χ1) is 18.5. The normalized spacial score (nSPS) is 15.3. The van der Waals surface area contributed by atoms with E-state index in [1.54, 1.807) is 4.90 Å². The highest BCUT2D eigenvalue weighted by Gasteiger charge is 2.31. The molecule has 1 atom stereocenters. The summed E-state index contributed by atoms with van der Waals surface area (Å²) in [6.07, 6.45) is -4.48. The summed E-state index contributed by atoms with van der Waals surface area (Å²) in [5.74, 6) is 0.683. The molecule has 2 heterocycles. The summed E-state index contributed by atoms with van der Waals surface area (Å²) >= 11 is 0. The first-order valence-electron chi connectivity index (χ1n) is 12.6. The van der Waals surface area contributed by atoms with Crippen LogP contribution in [0.2, 0.25) is 0 Å². The van der Waals surface area contributed by atoms with E-state index in [-0.39, 0.29) is 17.6 Å². The van der Waals surface area contributed by atoms with Gasteiger partial charge in [0.15, 0.2) is 0 Å². The van der Waals surface area contributed by atoms with Gasteiger partial charge in [0.1, 0.15) is 17.7 Å². The Balaban J connectivity index is 1.41. The number of nitrogens with one attached hydrogen (secondary N) is 2. The van der Waals surface area contributed by atoms with E-state index in [0.29, 0.717) is 44.4 Å². The average molecular weight is 545 g/mol. The Bertz CT molecular complexity index is 1330. The molecule has 208 valence electrons. The summed E-state index contributed by atoms with van der Waals surface area (Å²) in [6.45, 7) is 6.11. The maximum absolute atomic E-state index is 13.0. The van der Waals surface area contributed by atoms with Crippen LogP contribution in [0.4, 0.5) is 29.5 Å². The van der Waals surface area contributed by atoms with Crippen LogP contribution < -0.4 is 10.6 Å². The number of methoxy groups -OCH3 is 1. The van der Waals surface area contributed by atoms with Gasteiger partial charge in [0.25, 0.3) is 0 Å². The Labute approximate surface area is 224 Å². The highest BCUT2D eigenvalue weighted by Crippen LogP contribution is 2.30. The summed E-state index contributed by atoms with van der Waals surface area (Å²) in [5, 5.41) is 6.57. The number of amides is 2. The van der Waals surface area contributed by atoms with Crippen molar-refractivity contribution in [1.82, 2.24) is 19.8 Å². The minimum Gasteiger partial charge on any atom is -0.467 e. The molecule has 2 amide bonds. The number of rotatable bonds is 7. The molecule has 3 aromatic rings. The smallest absolute Gasteiger partial charge is 0.416 e. The molecule has 0 saturated carbocycles. The molecule has 1 aliphatic rings. The van der Waals surface area contributed by atoms with Gasteiger partial charge in [0.05, 0.1) is 24.7 Å². The summed E-state index contributed by atoms with van der Waals surface area (Å²) in [4.78, 5) is 38.1. The van der Waals surface area contributed by atoms with Crippen molar-refractivity contribution in [3.8, 4) is 0 Å². The number of anilines is 2. The van der Waals surface area contributed by atoms with E-state index in [2.05, 4.69) is 15.5 Å². The number of hydrogen-bond acceptors (Lipinski definition) is 7. The molecule has 4 rings (SSSR count). The van der Waals surface area contributed by atoms with Gasteiger partial charge in [0, 0.05) is 37.3 Å². The molecule has 12 heteroatoms. The fraction of sp³-hybridized carbons (Fsp3) is 0.407. The number of carbonyl (C=O) groups excluding carboxylic acids is 2. The maximum Gasteiger partial charge on any atom is 0.416 e. The van der Waals surface area contributed by atoms with Crippen molar-refractivity contribution in [2.24, 2.45) is 5.92 Å². The first kappa shape index (κ1) is 28.1. The fourth-order valence-corrected chi connectivity index (χ4v) is 4.36. The Kier molecular flexibility index (Phi) is 8.54. The van der Waals surface area contributed by atoms with E-state index < -0.39 is 23.8 Å². The average Bonchev–Trinajstić information content (AvgIpc) is 2.91. The number of alkyl halides is 3. The van der Waals surface area contributed by atoms with Crippen LogP contribution in [0.5, 0.6) is 0 Å².